The van der Waals surface area contributed by atoms with Gasteiger partial charge in [-0.2, -0.15) is 0 Å². The van der Waals surface area contributed by atoms with E-state index in [1.54, 1.807) is 0 Å². The van der Waals surface area contributed by atoms with Gasteiger partial charge in [0.05, 0.1) is 0 Å². The average molecular weight is 225 g/mol. The molecule has 1 aliphatic heterocycles. The van der Waals surface area contributed by atoms with Crippen molar-refractivity contribution in [3.63, 3.8) is 0 Å². The second-order valence-electron chi connectivity index (χ2n) is 7.76. The Kier molecular flexibility index (Phi) is 4.45. The maximum absolute atomic E-state index is 3.56. The molecule has 0 radical (unpaired) electrons. The minimum Gasteiger partial charge on any atom is -0.316 e. The van der Waals surface area contributed by atoms with Gasteiger partial charge in [-0.1, -0.05) is 41.5 Å². The maximum Gasteiger partial charge on any atom is -0.00230 e. The van der Waals surface area contributed by atoms with E-state index in [0.29, 0.717) is 10.8 Å². The first-order valence-electron chi connectivity index (χ1n) is 6.91. The molecule has 16 heavy (non-hydrogen) atoms. The van der Waals surface area contributed by atoms with Crippen molar-refractivity contribution in [1.82, 2.24) is 5.32 Å². The molecule has 1 heteroatoms. The van der Waals surface area contributed by atoms with Gasteiger partial charge in [0, 0.05) is 0 Å². The largest absolute Gasteiger partial charge is 0.316 e. The standard InChI is InChI=1S/C15H31N/c1-12-9-13(7-8-16-10-12)15(5,6)11-14(2,3)4/h12-13,16H,7-11H2,1-6H3. The predicted octanol–water partition coefficient (Wildman–Crippen LogP) is 4.08. The molecule has 2 atom stereocenters. The smallest absolute Gasteiger partial charge is 0.00230 e. The van der Waals surface area contributed by atoms with Crippen molar-refractivity contribution in [2.45, 2.75) is 60.8 Å². The van der Waals surface area contributed by atoms with Crippen LogP contribution in [0, 0.1) is 22.7 Å². The summed E-state index contributed by atoms with van der Waals surface area (Å²) < 4.78 is 0. The predicted molar refractivity (Wildman–Crippen MR) is 72.6 cm³/mol. The monoisotopic (exact) mass is 225 g/mol. The molecule has 1 saturated heterocycles. The first-order chi connectivity index (χ1) is 7.21. The third-order valence-corrected chi connectivity index (χ3v) is 3.94. The highest BCUT2D eigenvalue weighted by molar-refractivity contribution is 4.86. The molecule has 0 amide bonds. The van der Waals surface area contributed by atoms with Crippen LogP contribution < -0.4 is 5.32 Å². The van der Waals surface area contributed by atoms with Crippen molar-refractivity contribution in [3.8, 4) is 0 Å². The Morgan fingerprint density at radius 3 is 2.31 bits per heavy atom. The number of hydrogen-bond acceptors (Lipinski definition) is 1. The molecule has 0 saturated carbocycles. The molecular formula is C15H31N. The third-order valence-electron chi connectivity index (χ3n) is 3.94. The van der Waals surface area contributed by atoms with E-state index in [9.17, 15) is 0 Å². The molecule has 1 rings (SSSR count). The Hall–Kier alpha value is -0.0400. The van der Waals surface area contributed by atoms with Gasteiger partial charge in [0.2, 0.25) is 0 Å². The summed E-state index contributed by atoms with van der Waals surface area (Å²) in [5.41, 5.74) is 0.936. The second kappa shape index (κ2) is 5.08. The van der Waals surface area contributed by atoms with Crippen molar-refractivity contribution in [2.75, 3.05) is 13.1 Å². The molecule has 0 aromatic rings. The minimum absolute atomic E-state index is 0.451. The first kappa shape index (κ1) is 14.0. The lowest BCUT2D eigenvalue weighted by Crippen LogP contribution is -2.30. The van der Waals surface area contributed by atoms with Gasteiger partial charge < -0.3 is 5.32 Å². The summed E-state index contributed by atoms with van der Waals surface area (Å²) in [4.78, 5) is 0. The minimum atomic E-state index is 0.451. The summed E-state index contributed by atoms with van der Waals surface area (Å²) in [5.74, 6) is 1.73. The second-order valence-corrected chi connectivity index (χ2v) is 7.76. The van der Waals surface area contributed by atoms with E-state index in [1.165, 1.54) is 32.4 Å². The van der Waals surface area contributed by atoms with Crippen LogP contribution in [0.5, 0.6) is 0 Å². The van der Waals surface area contributed by atoms with Gasteiger partial charge in [-0.05, 0) is 55.0 Å². The van der Waals surface area contributed by atoms with Gasteiger partial charge >= 0.3 is 0 Å². The molecule has 0 aliphatic carbocycles. The van der Waals surface area contributed by atoms with Crippen LogP contribution >= 0.6 is 0 Å². The molecule has 1 nitrogen and oxygen atoms in total. The summed E-state index contributed by atoms with van der Waals surface area (Å²) in [7, 11) is 0. The molecule has 0 aromatic heterocycles. The van der Waals surface area contributed by atoms with Crippen LogP contribution in [0.15, 0.2) is 0 Å². The van der Waals surface area contributed by atoms with Crippen LogP contribution in [-0.2, 0) is 0 Å². The highest BCUT2D eigenvalue weighted by atomic mass is 14.9. The zero-order chi connectivity index (χ0) is 12.4. The highest BCUT2D eigenvalue weighted by Crippen LogP contribution is 2.43. The Bertz CT molecular complexity index is 212. The molecular weight excluding hydrogens is 194 g/mol. The summed E-state index contributed by atoms with van der Waals surface area (Å²) in [5, 5.41) is 3.56. The Morgan fingerprint density at radius 1 is 1.12 bits per heavy atom. The molecule has 1 N–H and O–H groups in total. The fourth-order valence-electron chi connectivity index (χ4n) is 3.53. The van der Waals surface area contributed by atoms with Crippen molar-refractivity contribution in [3.05, 3.63) is 0 Å². The fourth-order valence-corrected chi connectivity index (χ4v) is 3.53. The Morgan fingerprint density at radius 2 is 1.75 bits per heavy atom. The van der Waals surface area contributed by atoms with Gasteiger partial charge in [-0.15, -0.1) is 0 Å². The zero-order valence-corrected chi connectivity index (χ0v) is 12.2. The summed E-state index contributed by atoms with van der Waals surface area (Å²) in [6.07, 6.45) is 4.08. The molecule has 0 spiro atoms. The van der Waals surface area contributed by atoms with Crippen molar-refractivity contribution < 1.29 is 0 Å². The number of nitrogens with one attached hydrogen (secondary N) is 1. The van der Waals surface area contributed by atoms with Crippen LogP contribution in [0.1, 0.15) is 60.8 Å². The summed E-state index contributed by atoms with van der Waals surface area (Å²) in [6, 6.07) is 0. The summed E-state index contributed by atoms with van der Waals surface area (Å²) in [6.45, 7) is 16.9. The van der Waals surface area contributed by atoms with E-state index in [2.05, 4.69) is 46.9 Å². The normalized spacial score (nSPS) is 28.9. The van der Waals surface area contributed by atoms with Crippen LogP contribution in [0.2, 0.25) is 0 Å². The molecule has 2 unspecified atom stereocenters. The average Bonchev–Trinajstić information content (AvgIpc) is 2.25. The van der Waals surface area contributed by atoms with E-state index in [4.69, 9.17) is 0 Å². The zero-order valence-electron chi connectivity index (χ0n) is 12.2. The van der Waals surface area contributed by atoms with Crippen molar-refractivity contribution >= 4 is 0 Å². The lowest BCUT2D eigenvalue weighted by Gasteiger charge is -2.39. The highest BCUT2D eigenvalue weighted by Gasteiger charge is 2.34. The van der Waals surface area contributed by atoms with Crippen LogP contribution in [0.4, 0.5) is 0 Å². The SMILES string of the molecule is CC1CNCCC(C(C)(C)CC(C)(C)C)C1. The van der Waals surface area contributed by atoms with Gasteiger partial charge in [-0.3, -0.25) is 0 Å². The molecule has 1 aliphatic rings. The number of hydrogen-bond donors (Lipinski definition) is 1. The van der Waals surface area contributed by atoms with Crippen molar-refractivity contribution in [2.24, 2.45) is 22.7 Å². The van der Waals surface area contributed by atoms with Gasteiger partial charge in [0.25, 0.3) is 0 Å². The summed E-state index contributed by atoms with van der Waals surface area (Å²) >= 11 is 0. The first-order valence-corrected chi connectivity index (χ1v) is 6.91. The lowest BCUT2D eigenvalue weighted by atomic mass is 9.66. The number of rotatable bonds is 2. The van der Waals surface area contributed by atoms with E-state index in [0.717, 1.165) is 11.8 Å². The van der Waals surface area contributed by atoms with E-state index in [1.807, 2.05) is 0 Å². The topological polar surface area (TPSA) is 12.0 Å². The van der Waals surface area contributed by atoms with Crippen LogP contribution in [0.3, 0.4) is 0 Å². The van der Waals surface area contributed by atoms with E-state index in [-0.39, 0.29) is 0 Å². The Labute approximate surface area is 102 Å². The molecule has 0 aromatic carbocycles. The molecule has 1 fully saturated rings. The fraction of sp³-hybridized carbons (Fsp3) is 1.00. The van der Waals surface area contributed by atoms with Crippen LogP contribution in [0.25, 0.3) is 0 Å². The Balaban J connectivity index is 2.65. The molecule has 0 bridgehead atoms. The van der Waals surface area contributed by atoms with Crippen molar-refractivity contribution in [1.29, 1.82) is 0 Å². The van der Waals surface area contributed by atoms with Gasteiger partial charge in [0.15, 0.2) is 0 Å². The third kappa shape index (κ3) is 4.45. The maximum atomic E-state index is 3.56. The van der Waals surface area contributed by atoms with E-state index < -0.39 is 0 Å². The van der Waals surface area contributed by atoms with E-state index >= 15 is 0 Å². The van der Waals surface area contributed by atoms with Gasteiger partial charge in [-0.25, -0.2) is 0 Å². The lowest BCUT2D eigenvalue weighted by molar-refractivity contribution is 0.112. The molecule has 1 heterocycles. The molecule has 96 valence electrons. The van der Waals surface area contributed by atoms with Gasteiger partial charge in [0.1, 0.15) is 0 Å². The quantitative estimate of drug-likeness (QED) is 0.746. The van der Waals surface area contributed by atoms with Crippen LogP contribution in [-0.4, -0.2) is 13.1 Å².